The lowest BCUT2D eigenvalue weighted by molar-refractivity contribution is 0.0532. The molecule has 8 heteroatoms. The molecule has 1 aliphatic heterocycles. The SMILES string of the molecule is COc1cc(C(=O)N2CCN(C(=O)c3ccncc3F)CC2)ccc1N. The van der Waals surface area contributed by atoms with Crippen molar-refractivity contribution in [1.29, 1.82) is 0 Å². The van der Waals surface area contributed by atoms with E-state index in [1.54, 1.807) is 23.1 Å². The third-order valence-corrected chi connectivity index (χ3v) is 4.34. The Balaban J connectivity index is 1.66. The average molecular weight is 358 g/mol. The van der Waals surface area contributed by atoms with Gasteiger partial charge >= 0.3 is 0 Å². The minimum absolute atomic E-state index is 0.0111. The first-order chi connectivity index (χ1) is 12.5. The number of rotatable bonds is 3. The Morgan fingerprint density at radius 1 is 1.12 bits per heavy atom. The van der Waals surface area contributed by atoms with Crippen LogP contribution in [0.15, 0.2) is 36.7 Å². The maximum Gasteiger partial charge on any atom is 0.257 e. The highest BCUT2D eigenvalue weighted by atomic mass is 19.1. The fourth-order valence-electron chi connectivity index (χ4n) is 2.86. The molecular formula is C18H19FN4O3. The lowest BCUT2D eigenvalue weighted by Crippen LogP contribution is -2.50. The van der Waals surface area contributed by atoms with Crippen LogP contribution in [-0.2, 0) is 0 Å². The van der Waals surface area contributed by atoms with Crippen molar-refractivity contribution in [1.82, 2.24) is 14.8 Å². The summed E-state index contributed by atoms with van der Waals surface area (Å²) in [7, 11) is 1.49. The molecule has 1 aromatic carbocycles. The molecular weight excluding hydrogens is 339 g/mol. The molecule has 0 bridgehead atoms. The largest absolute Gasteiger partial charge is 0.495 e. The van der Waals surface area contributed by atoms with Gasteiger partial charge in [0, 0.05) is 37.9 Å². The average Bonchev–Trinajstić information content (AvgIpc) is 2.68. The number of carbonyl (C=O) groups excluding carboxylic acids is 2. The van der Waals surface area contributed by atoms with E-state index >= 15 is 0 Å². The Bertz CT molecular complexity index is 835. The Morgan fingerprint density at radius 3 is 2.38 bits per heavy atom. The summed E-state index contributed by atoms with van der Waals surface area (Å²) in [5.41, 5.74) is 6.68. The molecule has 0 spiro atoms. The number of anilines is 1. The fraction of sp³-hybridized carbons (Fsp3) is 0.278. The van der Waals surface area contributed by atoms with Gasteiger partial charge in [-0.2, -0.15) is 0 Å². The molecule has 0 radical (unpaired) electrons. The summed E-state index contributed by atoms with van der Waals surface area (Å²) in [6.07, 6.45) is 2.39. The minimum atomic E-state index is -0.648. The predicted octanol–water partition coefficient (Wildman–Crippen LogP) is 1.41. The second-order valence-corrected chi connectivity index (χ2v) is 5.90. The van der Waals surface area contributed by atoms with E-state index in [2.05, 4.69) is 4.98 Å². The minimum Gasteiger partial charge on any atom is -0.495 e. The number of hydrogen-bond donors (Lipinski definition) is 1. The molecule has 0 atom stereocenters. The number of nitrogens with two attached hydrogens (primary N) is 1. The number of amides is 2. The second kappa shape index (κ2) is 7.38. The summed E-state index contributed by atoms with van der Waals surface area (Å²) in [4.78, 5) is 31.9. The van der Waals surface area contributed by atoms with Crippen LogP contribution in [0.4, 0.5) is 10.1 Å². The van der Waals surface area contributed by atoms with E-state index in [0.29, 0.717) is 43.2 Å². The third-order valence-electron chi connectivity index (χ3n) is 4.34. The molecule has 1 saturated heterocycles. The molecule has 2 N–H and O–H groups in total. The smallest absolute Gasteiger partial charge is 0.257 e. The molecule has 1 aliphatic rings. The number of ether oxygens (including phenoxy) is 1. The van der Waals surface area contributed by atoms with Crippen molar-refractivity contribution in [2.75, 3.05) is 39.0 Å². The highest BCUT2D eigenvalue weighted by molar-refractivity contribution is 5.96. The summed E-state index contributed by atoms with van der Waals surface area (Å²) in [5, 5.41) is 0. The number of hydrogen-bond acceptors (Lipinski definition) is 5. The van der Waals surface area contributed by atoms with E-state index in [9.17, 15) is 14.0 Å². The number of benzene rings is 1. The van der Waals surface area contributed by atoms with Crippen molar-refractivity contribution in [2.45, 2.75) is 0 Å². The maximum absolute atomic E-state index is 13.7. The maximum atomic E-state index is 13.7. The Morgan fingerprint density at radius 2 is 1.77 bits per heavy atom. The number of pyridine rings is 1. The molecule has 2 heterocycles. The molecule has 1 fully saturated rings. The van der Waals surface area contributed by atoms with Gasteiger partial charge in [-0.15, -0.1) is 0 Å². The zero-order valence-corrected chi connectivity index (χ0v) is 14.3. The van der Waals surface area contributed by atoms with Crippen LogP contribution in [0, 0.1) is 5.82 Å². The number of methoxy groups -OCH3 is 1. The van der Waals surface area contributed by atoms with Crippen LogP contribution in [0.1, 0.15) is 20.7 Å². The molecule has 1 aromatic heterocycles. The van der Waals surface area contributed by atoms with E-state index in [4.69, 9.17) is 10.5 Å². The van der Waals surface area contributed by atoms with Gasteiger partial charge in [0.2, 0.25) is 0 Å². The van der Waals surface area contributed by atoms with E-state index < -0.39 is 11.7 Å². The van der Waals surface area contributed by atoms with Crippen LogP contribution in [-0.4, -0.2) is 59.9 Å². The van der Waals surface area contributed by atoms with Crippen molar-refractivity contribution in [2.24, 2.45) is 0 Å². The zero-order chi connectivity index (χ0) is 18.7. The van der Waals surface area contributed by atoms with E-state index in [0.717, 1.165) is 6.20 Å². The normalized spacial score (nSPS) is 14.2. The van der Waals surface area contributed by atoms with Gasteiger partial charge < -0.3 is 20.3 Å². The number of piperazine rings is 1. The molecule has 2 amide bonds. The quantitative estimate of drug-likeness (QED) is 0.838. The fourth-order valence-corrected chi connectivity index (χ4v) is 2.86. The van der Waals surface area contributed by atoms with Crippen molar-refractivity contribution in [3.63, 3.8) is 0 Å². The first-order valence-electron chi connectivity index (χ1n) is 8.13. The summed E-state index contributed by atoms with van der Waals surface area (Å²) >= 11 is 0. The van der Waals surface area contributed by atoms with Crippen LogP contribution < -0.4 is 10.5 Å². The van der Waals surface area contributed by atoms with Crippen LogP contribution in [0.25, 0.3) is 0 Å². The molecule has 7 nitrogen and oxygen atoms in total. The lowest BCUT2D eigenvalue weighted by atomic mass is 10.1. The summed E-state index contributed by atoms with van der Waals surface area (Å²) < 4.78 is 18.9. The third kappa shape index (κ3) is 3.44. The number of aromatic nitrogens is 1. The molecule has 0 unspecified atom stereocenters. The van der Waals surface area contributed by atoms with Gasteiger partial charge in [-0.3, -0.25) is 14.6 Å². The highest BCUT2D eigenvalue weighted by Crippen LogP contribution is 2.23. The Labute approximate surface area is 150 Å². The van der Waals surface area contributed by atoms with E-state index in [1.807, 2.05) is 0 Å². The Hall–Kier alpha value is -3.16. The van der Waals surface area contributed by atoms with Gasteiger partial charge in [0.1, 0.15) is 5.75 Å². The molecule has 2 aromatic rings. The number of nitrogens with zero attached hydrogens (tertiary/aromatic N) is 3. The van der Waals surface area contributed by atoms with Crippen molar-refractivity contribution >= 4 is 17.5 Å². The van der Waals surface area contributed by atoms with Crippen molar-refractivity contribution in [3.8, 4) is 5.75 Å². The van der Waals surface area contributed by atoms with Crippen molar-refractivity contribution in [3.05, 3.63) is 53.6 Å². The van der Waals surface area contributed by atoms with Gasteiger partial charge in [-0.25, -0.2) is 4.39 Å². The standard InChI is InChI=1S/C18H19FN4O3/c1-26-16-10-12(2-3-15(16)20)17(24)22-6-8-23(9-7-22)18(25)13-4-5-21-11-14(13)19/h2-5,10-11H,6-9,20H2,1H3. The molecule has 26 heavy (non-hydrogen) atoms. The summed E-state index contributed by atoms with van der Waals surface area (Å²) in [6.45, 7) is 1.39. The van der Waals surface area contributed by atoms with E-state index in [1.165, 1.54) is 24.3 Å². The lowest BCUT2D eigenvalue weighted by Gasteiger charge is -2.35. The molecule has 0 saturated carbocycles. The van der Waals surface area contributed by atoms with Gasteiger partial charge in [0.25, 0.3) is 11.8 Å². The molecule has 136 valence electrons. The first-order valence-corrected chi connectivity index (χ1v) is 8.13. The molecule has 3 rings (SSSR count). The van der Waals surface area contributed by atoms with Gasteiger partial charge in [0.15, 0.2) is 5.82 Å². The number of nitrogen functional groups attached to an aromatic ring is 1. The summed E-state index contributed by atoms with van der Waals surface area (Å²) in [6, 6.07) is 6.22. The monoisotopic (exact) mass is 358 g/mol. The zero-order valence-electron chi connectivity index (χ0n) is 14.3. The van der Waals surface area contributed by atoms with Crippen LogP contribution in [0.5, 0.6) is 5.75 Å². The molecule has 0 aliphatic carbocycles. The second-order valence-electron chi connectivity index (χ2n) is 5.90. The van der Waals surface area contributed by atoms with Gasteiger partial charge in [0.05, 0.1) is 24.6 Å². The Kier molecular flexibility index (Phi) is 5.01. The van der Waals surface area contributed by atoms with Gasteiger partial charge in [-0.1, -0.05) is 0 Å². The summed E-state index contributed by atoms with van der Waals surface area (Å²) in [5.74, 6) is -0.764. The van der Waals surface area contributed by atoms with Crippen molar-refractivity contribution < 1.29 is 18.7 Å². The highest BCUT2D eigenvalue weighted by Gasteiger charge is 2.27. The van der Waals surface area contributed by atoms with Crippen LogP contribution in [0.2, 0.25) is 0 Å². The van der Waals surface area contributed by atoms with E-state index in [-0.39, 0.29) is 11.5 Å². The topological polar surface area (TPSA) is 88.8 Å². The van der Waals surface area contributed by atoms with Crippen LogP contribution >= 0.6 is 0 Å². The van der Waals surface area contributed by atoms with Gasteiger partial charge in [-0.05, 0) is 24.3 Å². The predicted molar refractivity (Wildman–Crippen MR) is 93.4 cm³/mol. The number of carbonyl (C=O) groups is 2. The number of halogens is 1. The van der Waals surface area contributed by atoms with Crippen LogP contribution in [0.3, 0.4) is 0 Å². The first kappa shape index (κ1) is 17.7.